The third kappa shape index (κ3) is 4.47. The van der Waals surface area contributed by atoms with E-state index < -0.39 is 17.9 Å². The summed E-state index contributed by atoms with van der Waals surface area (Å²) in [5.41, 5.74) is 5.73. The molecule has 1 rings (SSSR count). The van der Waals surface area contributed by atoms with Crippen molar-refractivity contribution in [2.24, 2.45) is 5.73 Å². The van der Waals surface area contributed by atoms with Crippen LogP contribution in [0.25, 0.3) is 0 Å². The van der Waals surface area contributed by atoms with Gasteiger partial charge in [0.05, 0.1) is 18.8 Å². The summed E-state index contributed by atoms with van der Waals surface area (Å²) in [6.45, 7) is 0. The van der Waals surface area contributed by atoms with Gasteiger partial charge in [-0.1, -0.05) is 0 Å². The van der Waals surface area contributed by atoms with E-state index in [1.165, 1.54) is 19.2 Å². The van der Waals surface area contributed by atoms with Gasteiger partial charge in [0.15, 0.2) is 0 Å². The Labute approximate surface area is 110 Å². The average Bonchev–Trinajstić information content (AvgIpc) is 2.37. The van der Waals surface area contributed by atoms with Gasteiger partial charge in [-0.2, -0.15) is 0 Å². The Balaban J connectivity index is 2.63. The van der Waals surface area contributed by atoms with Gasteiger partial charge in [0, 0.05) is 12.5 Å². The van der Waals surface area contributed by atoms with E-state index in [-0.39, 0.29) is 24.3 Å². The molecule has 0 radical (unpaired) electrons. The number of amides is 1. The molecule has 0 fully saturated rings. The molecule has 0 saturated heterocycles. The van der Waals surface area contributed by atoms with E-state index in [2.05, 4.69) is 5.32 Å². The zero-order valence-corrected chi connectivity index (χ0v) is 10.4. The first-order valence-corrected chi connectivity index (χ1v) is 5.59. The van der Waals surface area contributed by atoms with Gasteiger partial charge in [-0.15, -0.1) is 0 Å². The van der Waals surface area contributed by atoms with Crippen molar-refractivity contribution in [3.8, 4) is 11.5 Å². The predicted molar refractivity (Wildman–Crippen MR) is 68.1 cm³/mol. The third-order valence-electron chi connectivity index (χ3n) is 2.47. The normalized spacial score (nSPS) is 11.7. The molecule has 5 N–H and O–H groups in total. The fraction of sp³-hybridized carbons (Fsp3) is 0.333. The van der Waals surface area contributed by atoms with Gasteiger partial charge < -0.3 is 26.0 Å². The van der Waals surface area contributed by atoms with Gasteiger partial charge in [0.2, 0.25) is 5.91 Å². The highest BCUT2D eigenvalue weighted by molar-refractivity contribution is 5.96. The molecule has 19 heavy (non-hydrogen) atoms. The lowest BCUT2D eigenvalue weighted by atomic mass is 10.1. The van der Waals surface area contributed by atoms with E-state index in [1.54, 1.807) is 6.07 Å². The number of carbonyl (C=O) groups excluding carboxylic acids is 1. The molecule has 0 saturated carbocycles. The number of carboxylic acid groups (broad SMARTS) is 1. The van der Waals surface area contributed by atoms with Crippen LogP contribution < -0.4 is 15.8 Å². The van der Waals surface area contributed by atoms with Crippen molar-refractivity contribution < 1.29 is 24.5 Å². The van der Waals surface area contributed by atoms with E-state index in [4.69, 9.17) is 15.6 Å². The number of carbonyl (C=O) groups is 2. The fourth-order valence-electron chi connectivity index (χ4n) is 1.38. The number of nitrogens with one attached hydrogen (secondary N) is 1. The van der Waals surface area contributed by atoms with Gasteiger partial charge in [-0.3, -0.25) is 9.59 Å². The predicted octanol–water partition coefficient (Wildman–Crippen LogP) is 0.531. The lowest BCUT2D eigenvalue weighted by Crippen LogP contribution is -2.36. The Bertz CT molecular complexity index is 475. The molecule has 1 atom stereocenters. The summed E-state index contributed by atoms with van der Waals surface area (Å²) in [4.78, 5) is 22.0. The smallest absolute Gasteiger partial charge is 0.303 e. The highest BCUT2D eigenvalue weighted by atomic mass is 16.5. The lowest BCUT2D eigenvalue weighted by molar-refractivity contribution is -0.137. The number of hydrogen-bond donors (Lipinski definition) is 4. The number of rotatable bonds is 6. The fourth-order valence-corrected chi connectivity index (χ4v) is 1.38. The first kappa shape index (κ1) is 14.8. The summed E-state index contributed by atoms with van der Waals surface area (Å²) in [5, 5.41) is 20.6. The zero-order chi connectivity index (χ0) is 14.4. The molecular formula is C12H16N2O5. The van der Waals surface area contributed by atoms with Crippen molar-refractivity contribution >= 4 is 17.6 Å². The van der Waals surface area contributed by atoms with Crippen LogP contribution in [0.15, 0.2) is 18.2 Å². The van der Waals surface area contributed by atoms with Crippen molar-refractivity contribution in [2.45, 2.75) is 18.9 Å². The molecule has 0 heterocycles. The second kappa shape index (κ2) is 6.60. The van der Waals surface area contributed by atoms with E-state index in [0.717, 1.165) is 0 Å². The average molecular weight is 268 g/mol. The number of aromatic hydroxyl groups is 1. The van der Waals surface area contributed by atoms with Crippen LogP contribution >= 0.6 is 0 Å². The molecule has 0 aliphatic heterocycles. The molecule has 0 bridgehead atoms. The van der Waals surface area contributed by atoms with Gasteiger partial charge in [0.1, 0.15) is 11.5 Å². The summed E-state index contributed by atoms with van der Waals surface area (Å²) in [6.07, 6.45) is -0.165. The van der Waals surface area contributed by atoms with Crippen LogP contribution in [-0.4, -0.2) is 35.2 Å². The quantitative estimate of drug-likeness (QED) is 0.558. The summed E-state index contributed by atoms with van der Waals surface area (Å²) >= 11 is 0. The number of carboxylic acids is 1. The van der Waals surface area contributed by atoms with Gasteiger partial charge in [0.25, 0.3) is 0 Å². The second-order valence-electron chi connectivity index (χ2n) is 3.91. The number of hydrogen-bond acceptors (Lipinski definition) is 5. The minimum absolute atomic E-state index is 0.0259. The summed E-state index contributed by atoms with van der Waals surface area (Å²) in [5.74, 6) is -1.28. The molecule has 1 amide bonds. The third-order valence-corrected chi connectivity index (χ3v) is 2.47. The number of benzene rings is 1. The van der Waals surface area contributed by atoms with Crippen molar-refractivity contribution in [3.05, 3.63) is 18.2 Å². The first-order chi connectivity index (χ1) is 8.93. The highest BCUT2D eigenvalue weighted by Crippen LogP contribution is 2.27. The van der Waals surface area contributed by atoms with Crippen LogP contribution in [0, 0.1) is 0 Å². The molecule has 0 spiro atoms. The van der Waals surface area contributed by atoms with E-state index in [1.807, 2.05) is 0 Å². The molecule has 104 valence electrons. The monoisotopic (exact) mass is 268 g/mol. The Morgan fingerprint density at radius 2 is 2.16 bits per heavy atom. The van der Waals surface area contributed by atoms with E-state index >= 15 is 0 Å². The van der Waals surface area contributed by atoms with Crippen LogP contribution in [-0.2, 0) is 9.59 Å². The van der Waals surface area contributed by atoms with E-state index in [0.29, 0.717) is 5.75 Å². The van der Waals surface area contributed by atoms with Crippen LogP contribution in [0.4, 0.5) is 5.69 Å². The molecule has 0 aromatic heterocycles. The number of phenols is 1. The van der Waals surface area contributed by atoms with Crippen LogP contribution in [0.3, 0.4) is 0 Å². The molecule has 7 heteroatoms. The second-order valence-corrected chi connectivity index (χ2v) is 3.91. The first-order valence-electron chi connectivity index (χ1n) is 5.59. The van der Waals surface area contributed by atoms with Crippen LogP contribution in [0.5, 0.6) is 11.5 Å². The number of aliphatic carboxylic acids is 1. The Hall–Kier alpha value is -2.28. The van der Waals surface area contributed by atoms with Crippen molar-refractivity contribution in [2.75, 3.05) is 12.4 Å². The standard InChI is InChI=1S/C12H16N2O5/c1-19-7-2-4-9(10(15)6-7)14-12(18)8(13)3-5-11(16)17/h2,4,6,8,15H,3,5,13H2,1H3,(H,14,18)(H,16,17). The van der Waals surface area contributed by atoms with Gasteiger partial charge >= 0.3 is 5.97 Å². The zero-order valence-electron chi connectivity index (χ0n) is 10.4. The molecular weight excluding hydrogens is 252 g/mol. The summed E-state index contributed by atoms with van der Waals surface area (Å²) < 4.78 is 4.90. The summed E-state index contributed by atoms with van der Waals surface area (Å²) in [6, 6.07) is 3.43. The van der Waals surface area contributed by atoms with Crippen molar-refractivity contribution in [3.63, 3.8) is 0 Å². The molecule has 1 aromatic carbocycles. The molecule has 1 aromatic rings. The SMILES string of the molecule is COc1ccc(NC(=O)C(N)CCC(=O)O)c(O)c1. The van der Waals surface area contributed by atoms with Crippen LogP contribution in [0.1, 0.15) is 12.8 Å². The Morgan fingerprint density at radius 1 is 1.47 bits per heavy atom. The lowest BCUT2D eigenvalue weighted by Gasteiger charge is -2.12. The molecule has 0 aliphatic carbocycles. The number of methoxy groups -OCH3 is 1. The Kier molecular flexibility index (Phi) is 5.13. The minimum Gasteiger partial charge on any atom is -0.506 e. The topological polar surface area (TPSA) is 122 Å². The van der Waals surface area contributed by atoms with Crippen LogP contribution in [0.2, 0.25) is 0 Å². The van der Waals surface area contributed by atoms with Gasteiger partial charge in [-0.05, 0) is 18.6 Å². The Morgan fingerprint density at radius 3 is 2.68 bits per heavy atom. The number of ether oxygens (including phenoxy) is 1. The maximum atomic E-state index is 11.7. The maximum absolute atomic E-state index is 11.7. The summed E-state index contributed by atoms with van der Waals surface area (Å²) in [7, 11) is 1.45. The van der Waals surface area contributed by atoms with Crippen molar-refractivity contribution in [1.29, 1.82) is 0 Å². The minimum atomic E-state index is -1.02. The van der Waals surface area contributed by atoms with Crippen molar-refractivity contribution in [1.82, 2.24) is 0 Å². The maximum Gasteiger partial charge on any atom is 0.303 e. The molecule has 1 unspecified atom stereocenters. The number of phenolic OH excluding ortho intramolecular Hbond substituents is 1. The molecule has 7 nitrogen and oxygen atoms in total. The van der Waals surface area contributed by atoms with Gasteiger partial charge in [-0.25, -0.2) is 0 Å². The molecule has 0 aliphatic rings. The largest absolute Gasteiger partial charge is 0.506 e. The number of nitrogens with two attached hydrogens (primary N) is 1. The number of anilines is 1. The highest BCUT2D eigenvalue weighted by Gasteiger charge is 2.16. The van der Waals surface area contributed by atoms with E-state index in [9.17, 15) is 14.7 Å².